The second-order valence-corrected chi connectivity index (χ2v) is 11.8. The molecule has 0 radical (unpaired) electrons. The van der Waals surface area contributed by atoms with E-state index in [1.807, 2.05) is 12.1 Å². The Morgan fingerprint density at radius 2 is 1.02 bits per heavy atom. The van der Waals surface area contributed by atoms with Crippen molar-refractivity contribution in [3.05, 3.63) is 176 Å². The summed E-state index contributed by atoms with van der Waals surface area (Å²) in [6, 6.07) is 62.9. The molecule has 8 aromatic carbocycles. The zero-order valence-corrected chi connectivity index (χ0v) is 25.1. The van der Waals surface area contributed by atoms with E-state index in [0.717, 1.165) is 39.0 Å². The summed E-state index contributed by atoms with van der Waals surface area (Å²) in [6.07, 6.45) is 0. The molecule has 9 rings (SSSR count). The molecule has 0 fully saturated rings. The van der Waals surface area contributed by atoms with Crippen LogP contribution in [0.15, 0.2) is 180 Å². The molecule has 0 bridgehead atoms. The highest BCUT2D eigenvalue weighted by molar-refractivity contribution is 6.09. The number of fused-ring (bicyclic) bond motifs is 5. The van der Waals surface area contributed by atoms with E-state index in [1.165, 1.54) is 43.8 Å². The van der Waals surface area contributed by atoms with Crippen LogP contribution in [0.3, 0.4) is 0 Å². The summed E-state index contributed by atoms with van der Waals surface area (Å²) in [4.78, 5) is 2.41. The third kappa shape index (κ3) is 4.43. The number of anilines is 3. The van der Waals surface area contributed by atoms with E-state index >= 15 is 0 Å². The highest BCUT2D eigenvalue weighted by Crippen LogP contribution is 2.47. The molecule has 0 spiro atoms. The van der Waals surface area contributed by atoms with Gasteiger partial charge < -0.3 is 9.32 Å². The maximum atomic E-state index is 6.43. The minimum atomic E-state index is 0.871. The van der Waals surface area contributed by atoms with Crippen molar-refractivity contribution in [1.82, 2.24) is 0 Å². The molecule has 2 heteroatoms. The maximum Gasteiger partial charge on any atom is 0.137 e. The Morgan fingerprint density at radius 1 is 0.348 bits per heavy atom. The molecule has 0 aliphatic carbocycles. The second kappa shape index (κ2) is 10.8. The molecule has 0 saturated heterocycles. The third-order valence-electron chi connectivity index (χ3n) is 9.02. The molecule has 0 atom stereocenters. The highest BCUT2D eigenvalue weighted by Gasteiger charge is 2.22. The first-order valence-electron chi connectivity index (χ1n) is 15.7. The Bertz CT molecular complexity index is 2540. The van der Waals surface area contributed by atoms with Crippen molar-refractivity contribution >= 4 is 60.5 Å². The molecular weight excluding hydrogens is 558 g/mol. The number of hydrogen-bond donors (Lipinski definition) is 0. The van der Waals surface area contributed by atoms with Crippen LogP contribution in [-0.4, -0.2) is 0 Å². The zero-order chi connectivity index (χ0) is 30.5. The lowest BCUT2D eigenvalue weighted by molar-refractivity contribution is 0.669. The molecule has 0 N–H and O–H groups in total. The van der Waals surface area contributed by atoms with E-state index in [1.54, 1.807) is 0 Å². The fourth-order valence-electron chi connectivity index (χ4n) is 6.80. The van der Waals surface area contributed by atoms with Gasteiger partial charge in [0.1, 0.15) is 11.2 Å². The molecular formula is C44H29NO. The van der Waals surface area contributed by atoms with Gasteiger partial charge in [-0.05, 0) is 69.2 Å². The zero-order valence-electron chi connectivity index (χ0n) is 25.1. The van der Waals surface area contributed by atoms with Crippen molar-refractivity contribution in [2.24, 2.45) is 0 Å². The van der Waals surface area contributed by atoms with E-state index in [4.69, 9.17) is 4.42 Å². The van der Waals surface area contributed by atoms with Crippen molar-refractivity contribution in [1.29, 1.82) is 0 Å². The van der Waals surface area contributed by atoms with Crippen LogP contribution < -0.4 is 4.90 Å². The smallest absolute Gasteiger partial charge is 0.137 e. The van der Waals surface area contributed by atoms with Gasteiger partial charge >= 0.3 is 0 Å². The molecule has 0 saturated carbocycles. The number of hydrogen-bond acceptors (Lipinski definition) is 2. The monoisotopic (exact) mass is 587 g/mol. The predicted molar refractivity (Wildman–Crippen MR) is 194 cm³/mol. The fraction of sp³-hybridized carbons (Fsp3) is 0. The van der Waals surface area contributed by atoms with Gasteiger partial charge in [-0.3, -0.25) is 0 Å². The lowest BCUT2D eigenvalue weighted by Crippen LogP contribution is -2.12. The van der Waals surface area contributed by atoms with Crippen LogP contribution in [0.25, 0.3) is 65.7 Å². The molecule has 1 heterocycles. The number of para-hydroxylation sites is 1. The first-order valence-corrected chi connectivity index (χ1v) is 15.7. The van der Waals surface area contributed by atoms with Gasteiger partial charge in [-0.15, -0.1) is 0 Å². The van der Waals surface area contributed by atoms with Crippen LogP contribution in [0.5, 0.6) is 0 Å². The van der Waals surface area contributed by atoms with Crippen molar-refractivity contribution in [3.8, 4) is 22.3 Å². The molecule has 0 unspecified atom stereocenters. The summed E-state index contributed by atoms with van der Waals surface area (Å²) in [6.45, 7) is 0. The van der Waals surface area contributed by atoms with Crippen LogP contribution in [0, 0.1) is 0 Å². The van der Waals surface area contributed by atoms with Gasteiger partial charge in [0.25, 0.3) is 0 Å². The Balaban J connectivity index is 1.35. The number of furan rings is 1. The van der Waals surface area contributed by atoms with E-state index in [0.29, 0.717) is 0 Å². The van der Waals surface area contributed by atoms with Gasteiger partial charge in [-0.1, -0.05) is 133 Å². The predicted octanol–water partition coefficient (Wildman–Crippen LogP) is 12.7. The molecule has 9 aromatic rings. The average molecular weight is 588 g/mol. The number of rotatable bonds is 5. The Kier molecular flexibility index (Phi) is 6.17. The summed E-state index contributed by atoms with van der Waals surface area (Å²) >= 11 is 0. The van der Waals surface area contributed by atoms with Crippen molar-refractivity contribution < 1.29 is 4.42 Å². The molecule has 1 aromatic heterocycles. The molecule has 46 heavy (non-hydrogen) atoms. The molecule has 216 valence electrons. The Morgan fingerprint density at radius 3 is 1.91 bits per heavy atom. The van der Waals surface area contributed by atoms with Crippen LogP contribution in [0.4, 0.5) is 17.1 Å². The van der Waals surface area contributed by atoms with Crippen molar-refractivity contribution in [3.63, 3.8) is 0 Å². The van der Waals surface area contributed by atoms with E-state index in [-0.39, 0.29) is 0 Å². The van der Waals surface area contributed by atoms with Gasteiger partial charge in [-0.25, -0.2) is 0 Å². The van der Waals surface area contributed by atoms with E-state index in [2.05, 4.69) is 169 Å². The quantitative estimate of drug-likeness (QED) is 0.199. The van der Waals surface area contributed by atoms with E-state index in [9.17, 15) is 0 Å². The number of nitrogens with zero attached hydrogens (tertiary/aromatic N) is 1. The average Bonchev–Trinajstić information content (AvgIpc) is 3.50. The van der Waals surface area contributed by atoms with E-state index < -0.39 is 0 Å². The first-order chi connectivity index (χ1) is 22.8. The van der Waals surface area contributed by atoms with Crippen molar-refractivity contribution in [2.75, 3.05) is 4.90 Å². The summed E-state index contributed by atoms with van der Waals surface area (Å²) in [7, 11) is 0. The second-order valence-electron chi connectivity index (χ2n) is 11.8. The van der Waals surface area contributed by atoms with Crippen LogP contribution in [0.1, 0.15) is 0 Å². The van der Waals surface area contributed by atoms with Crippen molar-refractivity contribution in [2.45, 2.75) is 0 Å². The van der Waals surface area contributed by atoms with Gasteiger partial charge in [0.05, 0.1) is 5.69 Å². The largest absolute Gasteiger partial charge is 0.456 e. The molecule has 0 aliphatic heterocycles. The molecule has 2 nitrogen and oxygen atoms in total. The SMILES string of the molecule is c1ccc(-c2cccc(N(c3ccc4c(c3)oc3ccccc34)c3c(-c4ccc5ccccc5c4)ccc4ccccc34)c2)cc1. The standard InChI is InChI=1S/C44H29NO/c1-2-11-30(12-3-1)34-16-10-17-36(28-34)45(37-24-26-41-40-19-8-9-20-42(40)46-43(41)29-37)44-38-18-7-6-14-32(38)23-25-39(44)35-22-21-31-13-4-5-15-33(31)27-35/h1-29H. The van der Waals surface area contributed by atoms with Gasteiger partial charge in [0, 0.05) is 39.2 Å². The normalized spacial score (nSPS) is 11.5. The first kappa shape index (κ1) is 26.3. The van der Waals surface area contributed by atoms with Crippen LogP contribution in [-0.2, 0) is 0 Å². The summed E-state index contributed by atoms with van der Waals surface area (Å²) in [5, 5.41) is 7.07. The van der Waals surface area contributed by atoms with Crippen LogP contribution >= 0.6 is 0 Å². The Hall–Kier alpha value is -6.12. The molecule has 0 amide bonds. The maximum absolute atomic E-state index is 6.43. The summed E-state index contributed by atoms with van der Waals surface area (Å²) in [5.74, 6) is 0. The minimum absolute atomic E-state index is 0.871. The number of benzene rings is 8. The van der Waals surface area contributed by atoms with Gasteiger partial charge in [-0.2, -0.15) is 0 Å². The summed E-state index contributed by atoms with van der Waals surface area (Å²) in [5.41, 5.74) is 9.71. The fourth-order valence-corrected chi connectivity index (χ4v) is 6.80. The lowest BCUT2D eigenvalue weighted by Gasteiger charge is -2.30. The van der Waals surface area contributed by atoms with Gasteiger partial charge in [0.2, 0.25) is 0 Å². The molecule has 0 aliphatic rings. The van der Waals surface area contributed by atoms with Crippen LogP contribution in [0.2, 0.25) is 0 Å². The highest BCUT2D eigenvalue weighted by atomic mass is 16.3. The summed E-state index contributed by atoms with van der Waals surface area (Å²) < 4.78 is 6.43. The van der Waals surface area contributed by atoms with Gasteiger partial charge in [0.15, 0.2) is 0 Å². The topological polar surface area (TPSA) is 16.4 Å². The third-order valence-corrected chi connectivity index (χ3v) is 9.02. The minimum Gasteiger partial charge on any atom is -0.456 e. The lowest BCUT2D eigenvalue weighted by atomic mass is 9.94. The Labute approximate surface area is 267 Å².